The van der Waals surface area contributed by atoms with E-state index in [1.807, 2.05) is 19.9 Å². The van der Waals surface area contributed by atoms with Crippen molar-refractivity contribution in [2.45, 2.75) is 20.8 Å². The van der Waals surface area contributed by atoms with Crippen LogP contribution in [0, 0.1) is 13.8 Å². The molecule has 2 heterocycles. The molecule has 0 saturated heterocycles. The van der Waals surface area contributed by atoms with Gasteiger partial charge in [0, 0.05) is 11.5 Å². The average molecular weight is 258 g/mol. The Labute approximate surface area is 109 Å². The van der Waals surface area contributed by atoms with Gasteiger partial charge in [0.25, 0.3) is 0 Å². The van der Waals surface area contributed by atoms with E-state index >= 15 is 0 Å². The van der Waals surface area contributed by atoms with Crippen LogP contribution in [-0.2, 0) is 0 Å². The predicted molar refractivity (Wildman–Crippen MR) is 72.9 cm³/mol. The summed E-state index contributed by atoms with van der Waals surface area (Å²) in [6.45, 7) is 6.00. The van der Waals surface area contributed by atoms with Gasteiger partial charge < -0.3 is 13.6 Å². The smallest absolute Gasteiger partial charge is 0.206 e. The molecule has 0 atom stereocenters. The Morgan fingerprint density at radius 3 is 2.79 bits per heavy atom. The third kappa shape index (κ3) is 1.63. The van der Waals surface area contributed by atoms with Gasteiger partial charge in [-0.25, -0.2) is 0 Å². The van der Waals surface area contributed by atoms with Crippen molar-refractivity contribution >= 4 is 21.9 Å². The van der Waals surface area contributed by atoms with Crippen LogP contribution in [0.25, 0.3) is 21.9 Å². The molecule has 3 aromatic rings. The molecular formula is C15H14O4. The zero-order chi connectivity index (χ0) is 13.6. The minimum Gasteiger partial charge on any atom is -0.487 e. The topological polar surface area (TPSA) is 52.6 Å². The van der Waals surface area contributed by atoms with E-state index in [1.165, 1.54) is 6.07 Å². The Morgan fingerprint density at radius 2 is 2.05 bits per heavy atom. The largest absolute Gasteiger partial charge is 0.487 e. The van der Waals surface area contributed by atoms with Gasteiger partial charge in [-0.3, -0.25) is 4.79 Å². The zero-order valence-corrected chi connectivity index (χ0v) is 11.1. The molecule has 98 valence electrons. The van der Waals surface area contributed by atoms with Crippen LogP contribution in [0.1, 0.15) is 18.2 Å². The van der Waals surface area contributed by atoms with Gasteiger partial charge in [0.15, 0.2) is 16.6 Å². The maximum atomic E-state index is 12.2. The van der Waals surface area contributed by atoms with Crippen molar-refractivity contribution in [2.75, 3.05) is 6.61 Å². The molecule has 0 radical (unpaired) electrons. The summed E-state index contributed by atoms with van der Waals surface area (Å²) in [5.41, 5.74) is 1.89. The van der Waals surface area contributed by atoms with Gasteiger partial charge in [0.2, 0.25) is 5.75 Å². The number of hydrogen-bond donors (Lipinski definition) is 0. The van der Waals surface area contributed by atoms with Gasteiger partial charge in [0.1, 0.15) is 5.76 Å². The lowest BCUT2D eigenvalue weighted by Crippen LogP contribution is -2.05. The third-order valence-corrected chi connectivity index (χ3v) is 3.22. The highest BCUT2D eigenvalue weighted by atomic mass is 16.5. The lowest BCUT2D eigenvalue weighted by atomic mass is 10.0. The number of benzene rings is 1. The predicted octanol–water partition coefficient (Wildman–Crippen LogP) is 3.55. The summed E-state index contributed by atoms with van der Waals surface area (Å²) in [4.78, 5) is 12.2. The number of rotatable bonds is 2. The van der Waals surface area contributed by atoms with Crippen molar-refractivity contribution in [1.82, 2.24) is 0 Å². The van der Waals surface area contributed by atoms with Crippen LogP contribution in [0.2, 0.25) is 0 Å². The van der Waals surface area contributed by atoms with Gasteiger partial charge in [0.05, 0.1) is 18.3 Å². The van der Waals surface area contributed by atoms with Crippen LogP contribution in [0.15, 0.2) is 32.0 Å². The molecule has 19 heavy (non-hydrogen) atoms. The molecule has 2 aromatic heterocycles. The monoisotopic (exact) mass is 258 g/mol. The summed E-state index contributed by atoms with van der Waals surface area (Å²) in [6.07, 6.45) is 1.59. The van der Waals surface area contributed by atoms with Gasteiger partial charge in [-0.15, -0.1) is 0 Å². The van der Waals surface area contributed by atoms with Crippen molar-refractivity contribution in [3.63, 3.8) is 0 Å². The maximum absolute atomic E-state index is 12.2. The van der Waals surface area contributed by atoms with Gasteiger partial charge >= 0.3 is 0 Å². The van der Waals surface area contributed by atoms with Crippen molar-refractivity contribution in [1.29, 1.82) is 0 Å². The fourth-order valence-corrected chi connectivity index (χ4v) is 2.42. The fourth-order valence-electron chi connectivity index (χ4n) is 2.42. The first kappa shape index (κ1) is 11.8. The average Bonchev–Trinajstić information content (AvgIpc) is 2.82. The van der Waals surface area contributed by atoms with Gasteiger partial charge in [-0.2, -0.15) is 0 Å². The second-order valence-electron chi connectivity index (χ2n) is 4.48. The van der Waals surface area contributed by atoms with E-state index < -0.39 is 0 Å². The number of fused-ring (bicyclic) bond motifs is 2. The Morgan fingerprint density at radius 1 is 1.26 bits per heavy atom. The Bertz CT molecular complexity index is 823. The molecule has 1 aromatic carbocycles. The van der Waals surface area contributed by atoms with E-state index in [1.54, 1.807) is 13.2 Å². The number of ether oxygens (including phenoxy) is 1. The molecule has 0 saturated carbocycles. The molecule has 4 heteroatoms. The molecular weight excluding hydrogens is 244 g/mol. The SMILES string of the molecule is CCOc1c2occc2c(C)c2c(=O)cc(C)oc12. The first-order valence-corrected chi connectivity index (χ1v) is 6.20. The standard InChI is InChI=1S/C15H14O4/c1-4-17-15-13-10(5-6-18-13)9(3)12-11(16)7-8(2)19-14(12)15/h5-7H,4H2,1-3H3. The van der Waals surface area contributed by atoms with Crippen LogP contribution in [0.4, 0.5) is 0 Å². The molecule has 0 bridgehead atoms. The molecule has 0 amide bonds. The molecule has 0 aliphatic heterocycles. The van der Waals surface area contributed by atoms with Crippen LogP contribution < -0.4 is 10.2 Å². The second kappa shape index (κ2) is 4.16. The van der Waals surface area contributed by atoms with Gasteiger partial charge in [-0.05, 0) is 32.4 Å². The van der Waals surface area contributed by atoms with Crippen LogP contribution in [0.3, 0.4) is 0 Å². The summed E-state index contributed by atoms with van der Waals surface area (Å²) in [5, 5.41) is 1.44. The van der Waals surface area contributed by atoms with E-state index in [-0.39, 0.29) is 5.43 Å². The van der Waals surface area contributed by atoms with Crippen molar-refractivity contribution < 1.29 is 13.6 Å². The highest BCUT2D eigenvalue weighted by Crippen LogP contribution is 2.37. The lowest BCUT2D eigenvalue weighted by molar-refractivity contribution is 0.335. The van der Waals surface area contributed by atoms with Crippen molar-refractivity contribution in [2.24, 2.45) is 0 Å². The fraction of sp³-hybridized carbons (Fsp3) is 0.267. The highest BCUT2D eigenvalue weighted by Gasteiger charge is 2.19. The van der Waals surface area contributed by atoms with Gasteiger partial charge in [-0.1, -0.05) is 0 Å². The van der Waals surface area contributed by atoms with Crippen LogP contribution >= 0.6 is 0 Å². The lowest BCUT2D eigenvalue weighted by Gasteiger charge is -2.10. The molecule has 0 fully saturated rings. The van der Waals surface area contributed by atoms with Crippen molar-refractivity contribution in [3.05, 3.63) is 39.9 Å². The number of hydrogen-bond acceptors (Lipinski definition) is 4. The Hall–Kier alpha value is -2.23. The molecule has 3 rings (SSSR count). The van der Waals surface area contributed by atoms with E-state index in [0.29, 0.717) is 34.7 Å². The zero-order valence-electron chi connectivity index (χ0n) is 11.1. The first-order chi connectivity index (χ1) is 9.13. The summed E-state index contributed by atoms with van der Waals surface area (Å²) in [6, 6.07) is 3.34. The molecule has 0 spiro atoms. The number of aryl methyl sites for hydroxylation is 2. The van der Waals surface area contributed by atoms with E-state index in [0.717, 1.165) is 10.9 Å². The highest BCUT2D eigenvalue weighted by molar-refractivity contribution is 6.03. The molecule has 0 unspecified atom stereocenters. The van der Waals surface area contributed by atoms with Crippen LogP contribution in [-0.4, -0.2) is 6.61 Å². The molecule has 0 aliphatic carbocycles. The van der Waals surface area contributed by atoms with E-state index in [9.17, 15) is 4.79 Å². The van der Waals surface area contributed by atoms with Crippen LogP contribution in [0.5, 0.6) is 5.75 Å². The second-order valence-corrected chi connectivity index (χ2v) is 4.48. The maximum Gasteiger partial charge on any atom is 0.206 e. The first-order valence-electron chi connectivity index (χ1n) is 6.20. The quantitative estimate of drug-likeness (QED) is 0.705. The summed E-state index contributed by atoms with van der Waals surface area (Å²) in [7, 11) is 0. The Kier molecular flexibility index (Phi) is 2.59. The molecule has 4 nitrogen and oxygen atoms in total. The summed E-state index contributed by atoms with van der Waals surface area (Å²) < 4.78 is 16.8. The van der Waals surface area contributed by atoms with E-state index in [2.05, 4.69) is 0 Å². The third-order valence-electron chi connectivity index (χ3n) is 3.22. The Balaban J connectivity index is 2.61. The molecule has 0 aliphatic rings. The summed E-state index contributed by atoms with van der Waals surface area (Å²) in [5.74, 6) is 1.06. The minimum atomic E-state index is -0.0553. The normalized spacial score (nSPS) is 11.3. The minimum absolute atomic E-state index is 0.0553. The molecule has 0 N–H and O–H groups in total. The number of furan rings is 1. The summed E-state index contributed by atoms with van der Waals surface area (Å²) >= 11 is 0. The van der Waals surface area contributed by atoms with E-state index in [4.69, 9.17) is 13.6 Å². The van der Waals surface area contributed by atoms with Crippen molar-refractivity contribution in [3.8, 4) is 5.75 Å².